The minimum Gasteiger partial charge on any atom is -0.480 e. The zero-order chi connectivity index (χ0) is 22.3. The summed E-state index contributed by atoms with van der Waals surface area (Å²) in [6.45, 7) is 0.731. The minimum absolute atomic E-state index is 0.254. The highest BCUT2D eigenvalue weighted by Gasteiger charge is 2.23. The lowest BCUT2D eigenvalue weighted by Gasteiger charge is -2.28. The number of carboxylic acids is 1. The molecule has 1 saturated carbocycles. The summed E-state index contributed by atoms with van der Waals surface area (Å²) in [5.41, 5.74) is 2.48. The molecule has 4 rings (SSSR count). The summed E-state index contributed by atoms with van der Waals surface area (Å²) < 4.78 is 6.73. The van der Waals surface area contributed by atoms with E-state index in [1.54, 1.807) is 12.4 Å². The molecule has 0 radical (unpaired) electrons. The lowest BCUT2D eigenvalue weighted by atomic mass is 9.82. The van der Waals surface area contributed by atoms with Crippen LogP contribution in [0.15, 0.2) is 59.7 Å². The molecule has 2 aromatic heterocycles. The summed E-state index contributed by atoms with van der Waals surface area (Å²) in [5.74, 6) is -0.257. The summed E-state index contributed by atoms with van der Waals surface area (Å²) in [6.07, 6.45) is 7.16. The zero-order valence-electron chi connectivity index (χ0n) is 17.8. The third kappa shape index (κ3) is 5.45. The molecule has 0 aliphatic heterocycles. The summed E-state index contributed by atoms with van der Waals surface area (Å²) in [4.78, 5) is 32.0. The van der Waals surface area contributed by atoms with Crippen LogP contribution in [0.2, 0.25) is 0 Å². The van der Waals surface area contributed by atoms with Gasteiger partial charge in [-0.25, -0.2) is 14.3 Å². The molecule has 8 nitrogen and oxygen atoms in total. The van der Waals surface area contributed by atoms with Crippen molar-refractivity contribution < 1.29 is 14.6 Å². The highest BCUT2D eigenvalue weighted by Crippen LogP contribution is 2.31. The molecule has 1 aromatic carbocycles. The number of carboxylic acid groups (broad SMARTS) is 1. The predicted molar refractivity (Wildman–Crippen MR) is 119 cm³/mol. The van der Waals surface area contributed by atoms with Gasteiger partial charge in [-0.2, -0.15) is 10.1 Å². The van der Waals surface area contributed by atoms with Gasteiger partial charge in [-0.15, -0.1) is 0 Å². The Bertz CT molecular complexity index is 1090. The summed E-state index contributed by atoms with van der Waals surface area (Å²) in [6, 6.07) is 13.4. The van der Waals surface area contributed by atoms with Crippen molar-refractivity contribution in [2.45, 2.75) is 32.2 Å². The van der Waals surface area contributed by atoms with Gasteiger partial charge in [-0.1, -0.05) is 30.3 Å². The molecule has 8 heteroatoms. The monoisotopic (exact) mass is 434 g/mol. The lowest BCUT2D eigenvalue weighted by molar-refractivity contribution is -0.142. The van der Waals surface area contributed by atoms with Gasteiger partial charge >= 0.3 is 11.7 Å². The number of hydrogen-bond acceptors (Lipinski definition) is 6. The quantitative estimate of drug-likeness (QED) is 0.580. The number of ether oxygens (including phenoxy) is 1. The topological polar surface area (TPSA) is 107 Å². The Hall–Kier alpha value is -3.39. The Balaban J connectivity index is 1.52. The molecular weight excluding hydrogens is 408 g/mol. The number of benzene rings is 1. The van der Waals surface area contributed by atoms with E-state index in [9.17, 15) is 9.59 Å². The maximum absolute atomic E-state index is 12.8. The van der Waals surface area contributed by atoms with Crippen LogP contribution < -0.4 is 5.69 Å². The van der Waals surface area contributed by atoms with Gasteiger partial charge in [0.1, 0.15) is 18.0 Å². The van der Waals surface area contributed by atoms with Gasteiger partial charge in [-0.3, -0.25) is 4.98 Å². The third-order valence-electron chi connectivity index (χ3n) is 5.83. The van der Waals surface area contributed by atoms with Crippen LogP contribution >= 0.6 is 0 Å². The van der Waals surface area contributed by atoms with Crippen LogP contribution in [0.25, 0.3) is 22.5 Å². The Morgan fingerprint density at radius 1 is 1.00 bits per heavy atom. The van der Waals surface area contributed by atoms with E-state index in [4.69, 9.17) is 14.9 Å². The molecule has 0 bridgehead atoms. The van der Waals surface area contributed by atoms with Crippen LogP contribution in [-0.4, -0.2) is 44.0 Å². The number of hydrogen-bond donors (Lipinski definition) is 1. The fourth-order valence-electron chi connectivity index (χ4n) is 4.17. The molecule has 0 saturated heterocycles. The molecule has 3 aromatic rings. The van der Waals surface area contributed by atoms with Gasteiger partial charge in [0.2, 0.25) is 0 Å². The van der Waals surface area contributed by atoms with Crippen LogP contribution in [0.3, 0.4) is 0 Å². The summed E-state index contributed by atoms with van der Waals surface area (Å²) in [7, 11) is 0. The fraction of sp³-hybridized carbons (Fsp3) is 0.375. The van der Waals surface area contributed by atoms with Crippen molar-refractivity contribution in [1.29, 1.82) is 0 Å². The molecule has 0 spiro atoms. The van der Waals surface area contributed by atoms with E-state index in [0.29, 0.717) is 36.4 Å². The molecule has 1 aliphatic carbocycles. The average molecular weight is 434 g/mol. The van der Waals surface area contributed by atoms with E-state index in [1.807, 2.05) is 42.5 Å². The lowest BCUT2D eigenvalue weighted by Crippen LogP contribution is -2.31. The highest BCUT2D eigenvalue weighted by molar-refractivity contribution is 5.76. The standard InChI is InChI=1S/C24H26N4O4/c29-21(30)16-32-15-18-10-8-17(9-11-18)14-28-24(31)26-22(20-7-4-12-25-13-20)23(27-28)19-5-2-1-3-6-19/h1-7,12-13,17-18H,8-11,14-16H2,(H,29,30)/t17-,18-. The van der Waals surface area contributed by atoms with Crippen molar-refractivity contribution in [3.8, 4) is 22.5 Å². The van der Waals surface area contributed by atoms with E-state index < -0.39 is 5.97 Å². The van der Waals surface area contributed by atoms with E-state index in [2.05, 4.69) is 9.97 Å². The number of carbonyl (C=O) groups is 1. The minimum atomic E-state index is -0.944. The molecule has 1 aliphatic rings. The highest BCUT2D eigenvalue weighted by atomic mass is 16.5. The van der Waals surface area contributed by atoms with Crippen molar-refractivity contribution in [3.63, 3.8) is 0 Å². The maximum atomic E-state index is 12.8. The normalized spacial score (nSPS) is 18.4. The van der Waals surface area contributed by atoms with Crippen LogP contribution in [-0.2, 0) is 16.1 Å². The molecular formula is C24H26N4O4. The van der Waals surface area contributed by atoms with Gasteiger partial charge in [0.05, 0.1) is 6.61 Å². The first kappa shape index (κ1) is 21.8. The van der Waals surface area contributed by atoms with Crippen molar-refractivity contribution in [1.82, 2.24) is 19.7 Å². The molecule has 1 N–H and O–H groups in total. The summed E-state index contributed by atoms with van der Waals surface area (Å²) >= 11 is 0. The SMILES string of the molecule is O=C(O)COC[C@H]1CC[C@H](Cn2nc(-c3ccccc3)c(-c3cccnc3)nc2=O)CC1. The number of nitrogens with zero attached hydrogens (tertiary/aromatic N) is 4. The number of aromatic nitrogens is 4. The van der Waals surface area contributed by atoms with Gasteiger partial charge in [0, 0.05) is 30.1 Å². The van der Waals surface area contributed by atoms with E-state index >= 15 is 0 Å². The fourth-order valence-corrected chi connectivity index (χ4v) is 4.17. The van der Waals surface area contributed by atoms with Crippen molar-refractivity contribution in [3.05, 3.63) is 65.3 Å². The number of aliphatic carboxylic acids is 1. The summed E-state index contributed by atoms with van der Waals surface area (Å²) in [5, 5.41) is 13.4. The smallest absolute Gasteiger partial charge is 0.364 e. The van der Waals surface area contributed by atoms with Crippen molar-refractivity contribution in [2.24, 2.45) is 11.8 Å². The largest absolute Gasteiger partial charge is 0.480 e. The third-order valence-corrected chi connectivity index (χ3v) is 5.83. The molecule has 1 fully saturated rings. The van der Waals surface area contributed by atoms with Crippen LogP contribution in [0.4, 0.5) is 0 Å². The molecule has 0 atom stereocenters. The second-order valence-electron chi connectivity index (χ2n) is 8.18. The first-order valence-electron chi connectivity index (χ1n) is 10.8. The van der Waals surface area contributed by atoms with Crippen LogP contribution in [0.1, 0.15) is 25.7 Å². The molecule has 166 valence electrons. The van der Waals surface area contributed by atoms with Crippen molar-refractivity contribution >= 4 is 5.97 Å². The molecule has 32 heavy (non-hydrogen) atoms. The van der Waals surface area contributed by atoms with E-state index in [1.165, 1.54) is 4.68 Å². The molecule has 0 unspecified atom stereocenters. The predicted octanol–water partition coefficient (Wildman–Crippen LogP) is 3.27. The molecule has 2 heterocycles. The number of pyridine rings is 1. The van der Waals surface area contributed by atoms with Gasteiger partial charge in [0.15, 0.2) is 0 Å². The van der Waals surface area contributed by atoms with E-state index in [-0.39, 0.29) is 12.3 Å². The van der Waals surface area contributed by atoms with Gasteiger partial charge in [-0.05, 0) is 49.7 Å². The van der Waals surface area contributed by atoms with Gasteiger partial charge in [0.25, 0.3) is 0 Å². The van der Waals surface area contributed by atoms with E-state index in [0.717, 1.165) is 36.8 Å². The maximum Gasteiger partial charge on any atom is 0.364 e. The Labute approximate surface area is 185 Å². The first-order valence-corrected chi connectivity index (χ1v) is 10.8. The van der Waals surface area contributed by atoms with Crippen LogP contribution in [0.5, 0.6) is 0 Å². The number of rotatable bonds is 8. The zero-order valence-corrected chi connectivity index (χ0v) is 17.8. The average Bonchev–Trinajstić information content (AvgIpc) is 2.82. The molecule has 0 amide bonds. The second-order valence-corrected chi connectivity index (χ2v) is 8.18. The first-order chi connectivity index (χ1) is 15.6. The Morgan fingerprint density at radius 2 is 1.72 bits per heavy atom. The van der Waals surface area contributed by atoms with Crippen LogP contribution in [0, 0.1) is 11.8 Å². The second kappa shape index (κ2) is 10.3. The Morgan fingerprint density at radius 3 is 2.41 bits per heavy atom. The van der Waals surface area contributed by atoms with Crippen molar-refractivity contribution in [2.75, 3.05) is 13.2 Å². The Kier molecular flexibility index (Phi) is 7.01. The van der Waals surface area contributed by atoms with Gasteiger partial charge < -0.3 is 9.84 Å².